The van der Waals surface area contributed by atoms with Gasteiger partial charge in [-0.25, -0.2) is 0 Å². The molecule has 0 aliphatic heterocycles. The third-order valence-electron chi connectivity index (χ3n) is 3.51. The van der Waals surface area contributed by atoms with E-state index in [1.807, 2.05) is 0 Å². The summed E-state index contributed by atoms with van der Waals surface area (Å²) < 4.78 is 0. The summed E-state index contributed by atoms with van der Waals surface area (Å²) in [6.45, 7) is 0.158. The van der Waals surface area contributed by atoms with E-state index in [-0.39, 0.29) is 12.5 Å². The van der Waals surface area contributed by atoms with E-state index in [2.05, 4.69) is 16.7 Å². The van der Waals surface area contributed by atoms with Gasteiger partial charge in [0.2, 0.25) is 5.91 Å². The van der Waals surface area contributed by atoms with Crippen LogP contribution in [0, 0.1) is 11.3 Å². The molecule has 1 aliphatic carbocycles. The lowest BCUT2D eigenvalue weighted by molar-refractivity contribution is -0.120. The fourth-order valence-electron chi connectivity index (χ4n) is 2.46. The molecule has 0 radical (unpaired) electrons. The quantitative estimate of drug-likeness (QED) is 0.896. The van der Waals surface area contributed by atoms with E-state index in [1.54, 1.807) is 18.2 Å². The Bertz CT molecular complexity index is 518. The molecule has 0 heterocycles. The number of hydrogen-bond acceptors (Lipinski definition) is 3. The molecule has 2 rings (SSSR count). The third-order valence-corrected chi connectivity index (χ3v) is 3.75. The molecule has 4 nitrogen and oxygen atoms in total. The highest BCUT2D eigenvalue weighted by Gasteiger charge is 2.15. The number of nitrogens with zero attached hydrogens (tertiary/aromatic N) is 1. The van der Waals surface area contributed by atoms with Gasteiger partial charge in [-0.3, -0.25) is 4.79 Å². The van der Waals surface area contributed by atoms with Gasteiger partial charge in [0.05, 0.1) is 17.8 Å². The predicted molar refractivity (Wildman–Crippen MR) is 79.7 cm³/mol. The fraction of sp³-hybridized carbons (Fsp3) is 0.467. The standard InChI is InChI=1S/C15H18ClN3O/c16-12-7-6-11(9-17)14(8-12)18-10-15(20)19-13-4-2-1-3-5-13/h6-8,13,18H,1-5,10H2,(H,19,20). The number of benzene rings is 1. The van der Waals surface area contributed by atoms with Crippen molar-refractivity contribution in [1.82, 2.24) is 5.32 Å². The number of hydrogen-bond donors (Lipinski definition) is 2. The summed E-state index contributed by atoms with van der Waals surface area (Å²) in [5.74, 6) is -0.0410. The number of carbonyl (C=O) groups excluding carboxylic acids is 1. The van der Waals surface area contributed by atoms with Crippen molar-refractivity contribution in [2.24, 2.45) is 0 Å². The van der Waals surface area contributed by atoms with Gasteiger partial charge in [0.25, 0.3) is 0 Å². The molecule has 106 valence electrons. The maximum absolute atomic E-state index is 11.9. The molecular formula is C15H18ClN3O. The summed E-state index contributed by atoms with van der Waals surface area (Å²) in [5.41, 5.74) is 1.08. The maximum atomic E-state index is 11.9. The zero-order valence-corrected chi connectivity index (χ0v) is 12.0. The number of anilines is 1. The fourth-order valence-corrected chi connectivity index (χ4v) is 2.63. The molecule has 0 spiro atoms. The first-order chi connectivity index (χ1) is 9.69. The Morgan fingerprint density at radius 2 is 2.10 bits per heavy atom. The first-order valence-corrected chi connectivity index (χ1v) is 7.29. The minimum absolute atomic E-state index is 0.0410. The molecule has 1 aromatic rings. The van der Waals surface area contributed by atoms with Crippen LogP contribution in [0.5, 0.6) is 0 Å². The lowest BCUT2D eigenvalue weighted by Gasteiger charge is -2.23. The normalized spacial score (nSPS) is 15.4. The van der Waals surface area contributed by atoms with Crippen molar-refractivity contribution >= 4 is 23.2 Å². The highest BCUT2D eigenvalue weighted by Crippen LogP contribution is 2.20. The Hall–Kier alpha value is -1.73. The molecule has 1 aliphatic rings. The van der Waals surface area contributed by atoms with Gasteiger partial charge in [-0.15, -0.1) is 0 Å². The number of carbonyl (C=O) groups is 1. The van der Waals surface area contributed by atoms with Gasteiger partial charge < -0.3 is 10.6 Å². The molecule has 0 unspecified atom stereocenters. The summed E-state index contributed by atoms with van der Waals surface area (Å²) in [7, 11) is 0. The molecule has 1 saturated carbocycles. The smallest absolute Gasteiger partial charge is 0.239 e. The van der Waals surface area contributed by atoms with Crippen molar-refractivity contribution in [3.8, 4) is 6.07 Å². The highest BCUT2D eigenvalue weighted by molar-refractivity contribution is 6.30. The summed E-state index contributed by atoms with van der Waals surface area (Å²) in [5, 5.41) is 15.5. The molecule has 2 N–H and O–H groups in total. The van der Waals surface area contributed by atoms with Gasteiger partial charge in [-0.05, 0) is 31.0 Å². The second kappa shape index (κ2) is 7.16. The zero-order chi connectivity index (χ0) is 14.4. The summed E-state index contributed by atoms with van der Waals surface area (Å²) in [6, 6.07) is 7.34. The lowest BCUT2D eigenvalue weighted by Crippen LogP contribution is -2.39. The van der Waals surface area contributed by atoms with Crippen LogP contribution in [-0.2, 0) is 4.79 Å². The van der Waals surface area contributed by atoms with Crippen molar-refractivity contribution in [3.63, 3.8) is 0 Å². The summed E-state index contributed by atoms with van der Waals surface area (Å²) in [6.07, 6.45) is 5.76. The summed E-state index contributed by atoms with van der Waals surface area (Å²) in [4.78, 5) is 11.9. The number of rotatable bonds is 4. The minimum atomic E-state index is -0.0410. The number of nitrogens with one attached hydrogen (secondary N) is 2. The predicted octanol–water partition coefficient (Wildman–Crippen LogP) is 3.07. The van der Waals surface area contributed by atoms with E-state index in [0.717, 1.165) is 12.8 Å². The lowest BCUT2D eigenvalue weighted by atomic mass is 9.95. The molecule has 1 aromatic carbocycles. The van der Waals surface area contributed by atoms with Crippen LogP contribution < -0.4 is 10.6 Å². The number of nitriles is 1. The van der Waals surface area contributed by atoms with Crippen LogP contribution >= 0.6 is 11.6 Å². The van der Waals surface area contributed by atoms with Crippen LogP contribution in [0.1, 0.15) is 37.7 Å². The van der Waals surface area contributed by atoms with Crippen LogP contribution in [0.25, 0.3) is 0 Å². The Labute approximate surface area is 124 Å². The molecule has 0 aromatic heterocycles. The summed E-state index contributed by atoms with van der Waals surface area (Å²) >= 11 is 5.89. The average Bonchev–Trinajstić information content (AvgIpc) is 2.46. The Morgan fingerprint density at radius 1 is 1.35 bits per heavy atom. The first kappa shape index (κ1) is 14.7. The Morgan fingerprint density at radius 3 is 2.80 bits per heavy atom. The molecule has 1 amide bonds. The van der Waals surface area contributed by atoms with Crippen LogP contribution in [0.4, 0.5) is 5.69 Å². The van der Waals surface area contributed by atoms with E-state index in [9.17, 15) is 4.79 Å². The molecular weight excluding hydrogens is 274 g/mol. The second-order valence-electron chi connectivity index (χ2n) is 5.06. The van der Waals surface area contributed by atoms with Gasteiger partial charge in [-0.2, -0.15) is 5.26 Å². The van der Waals surface area contributed by atoms with E-state index in [4.69, 9.17) is 16.9 Å². The van der Waals surface area contributed by atoms with Crippen LogP contribution in [0.3, 0.4) is 0 Å². The first-order valence-electron chi connectivity index (χ1n) is 6.92. The Kier molecular flexibility index (Phi) is 5.25. The molecule has 0 bridgehead atoms. The van der Waals surface area contributed by atoms with Crippen molar-refractivity contribution in [1.29, 1.82) is 5.26 Å². The number of halogens is 1. The monoisotopic (exact) mass is 291 g/mol. The van der Waals surface area contributed by atoms with E-state index in [0.29, 0.717) is 22.3 Å². The van der Waals surface area contributed by atoms with Crippen molar-refractivity contribution < 1.29 is 4.79 Å². The Balaban J connectivity index is 1.86. The van der Waals surface area contributed by atoms with Crippen LogP contribution in [0.15, 0.2) is 18.2 Å². The SMILES string of the molecule is N#Cc1ccc(Cl)cc1NCC(=O)NC1CCCCC1. The topological polar surface area (TPSA) is 64.9 Å². The van der Waals surface area contributed by atoms with E-state index < -0.39 is 0 Å². The largest absolute Gasteiger partial charge is 0.375 e. The van der Waals surface area contributed by atoms with Crippen molar-refractivity contribution in [2.45, 2.75) is 38.1 Å². The van der Waals surface area contributed by atoms with Gasteiger partial charge in [0, 0.05) is 11.1 Å². The van der Waals surface area contributed by atoms with Gasteiger partial charge in [0.1, 0.15) is 6.07 Å². The van der Waals surface area contributed by atoms with Crippen LogP contribution in [0.2, 0.25) is 5.02 Å². The number of amides is 1. The van der Waals surface area contributed by atoms with Gasteiger partial charge >= 0.3 is 0 Å². The van der Waals surface area contributed by atoms with E-state index in [1.165, 1.54) is 19.3 Å². The highest BCUT2D eigenvalue weighted by atomic mass is 35.5. The average molecular weight is 292 g/mol. The van der Waals surface area contributed by atoms with Gasteiger partial charge in [-0.1, -0.05) is 30.9 Å². The molecule has 0 saturated heterocycles. The van der Waals surface area contributed by atoms with Crippen LogP contribution in [-0.4, -0.2) is 18.5 Å². The van der Waals surface area contributed by atoms with E-state index >= 15 is 0 Å². The molecule has 5 heteroatoms. The minimum Gasteiger partial charge on any atom is -0.375 e. The van der Waals surface area contributed by atoms with Crippen molar-refractivity contribution in [2.75, 3.05) is 11.9 Å². The second-order valence-corrected chi connectivity index (χ2v) is 5.49. The third kappa shape index (κ3) is 4.14. The zero-order valence-electron chi connectivity index (χ0n) is 11.3. The molecule has 1 fully saturated rings. The van der Waals surface area contributed by atoms with Crippen molar-refractivity contribution in [3.05, 3.63) is 28.8 Å². The molecule has 20 heavy (non-hydrogen) atoms. The molecule has 0 atom stereocenters. The van der Waals surface area contributed by atoms with Gasteiger partial charge in [0.15, 0.2) is 0 Å². The maximum Gasteiger partial charge on any atom is 0.239 e.